The fraction of sp³-hybridized carbons (Fsp3) is 0.304. The molecular formula is C23H23F4N3O3S. The molecule has 0 aliphatic heterocycles. The van der Waals surface area contributed by atoms with Crippen LogP contribution in [0.1, 0.15) is 42.3 Å². The van der Waals surface area contributed by atoms with Gasteiger partial charge in [-0.05, 0) is 48.7 Å². The Balaban J connectivity index is 2.59. The molecule has 0 bridgehead atoms. The van der Waals surface area contributed by atoms with Crippen molar-refractivity contribution >= 4 is 27.3 Å². The number of aromatic nitrogens is 1. The highest BCUT2D eigenvalue weighted by atomic mass is 32.2. The number of sulfonamides is 1. The number of hydrogen-bond acceptors (Lipinski definition) is 4. The summed E-state index contributed by atoms with van der Waals surface area (Å²) in [4.78, 5) is 17.5. The Hall–Kier alpha value is -3.39. The summed E-state index contributed by atoms with van der Waals surface area (Å²) in [5.41, 5.74) is -1.27. The Bertz CT molecular complexity index is 1240. The van der Waals surface area contributed by atoms with Gasteiger partial charge in [0.2, 0.25) is 10.0 Å². The van der Waals surface area contributed by atoms with Gasteiger partial charge >= 0.3 is 6.18 Å². The lowest BCUT2D eigenvalue weighted by atomic mass is 10.1. The third kappa shape index (κ3) is 6.81. The number of alkyl halides is 3. The van der Waals surface area contributed by atoms with Crippen LogP contribution in [0.25, 0.3) is 0 Å². The zero-order valence-electron chi connectivity index (χ0n) is 18.5. The Labute approximate surface area is 195 Å². The molecule has 1 aromatic heterocycles. The number of nitrogens with one attached hydrogen (secondary N) is 1. The molecule has 11 heteroatoms. The third-order valence-corrected chi connectivity index (χ3v) is 5.25. The number of halogens is 4. The summed E-state index contributed by atoms with van der Waals surface area (Å²) < 4.78 is 79.4. The summed E-state index contributed by atoms with van der Waals surface area (Å²) in [6.07, 6.45) is 3.93. The number of terminal acetylenes is 1. The SMILES string of the molecule is C#Cc1cc(CN(C(=O)C=C)c2ccc(C(F)(F)F)nc2CCCC)cc(F)c1NS(C)(=O)=O. The van der Waals surface area contributed by atoms with Crippen molar-refractivity contribution in [2.24, 2.45) is 0 Å². The molecule has 0 aliphatic carbocycles. The van der Waals surface area contributed by atoms with Crippen molar-refractivity contribution in [3.63, 3.8) is 0 Å². The van der Waals surface area contributed by atoms with E-state index in [0.29, 0.717) is 12.8 Å². The number of hydrogen-bond donors (Lipinski definition) is 1. The number of aryl methyl sites for hydroxylation is 1. The van der Waals surface area contributed by atoms with Crippen molar-refractivity contribution in [2.75, 3.05) is 15.9 Å². The fourth-order valence-corrected chi connectivity index (χ4v) is 3.74. The standard InChI is InChI=1S/C23H23F4N3O3S/c1-5-8-9-18-19(10-11-20(28-18)23(25,26)27)30(21(31)7-3)14-15-12-16(6-2)22(17(24)13-15)29-34(4,32)33/h2,7,10-13,29H,3,5,8-9,14H2,1,4H3. The number of unbranched alkanes of at least 4 members (excludes halogenated alkanes) is 1. The Kier molecular flexibility index (Phi) is 8.45. The van der Waals surface area contributed by atoms with E-state index in [2.05, 4.69) is 17.5 Å². The summed E-state index contributed by atoms with van der Waals surface area (Å²) in [6, 6.07) is 4.20. The normalized spacial score (nSPS) is 11.6. The van der Waals surface area contributed by atoms with Crippen molar-refractivity contribution in [1.82, 2.24) is 4.98 Å². The second-order valence-electron chi connectivity index (χ2n) is 7.41. The average molecular weight is 498 g/mol. The van der Waals surface area contributed by atoms with Gasteiger partial charge in [0.15, 0.2) is 0 Å². The van der Waals surface area contributed by atoms with Crippen LogP contribution in [0.4, 0.5) is 28.9 Å². The zero-order chi connectivity index (χ0) is 25.7. The van der Waals surface area contributed by atoms with Crippen molar-refractivity contribution in [2.45, 2.75) is 38.9 Å². The van der Waals surface area contributed by atoms with Gasteiger partial charge in [-0.2, -0.15) is 13.2 Å². The molecule has 0 unspecified atom stereocenters. The molecule has 1 amide bonds. The van der Waals surface area contributed by atoms with E-state index >= 15 is 0 Å². The van der Waals surface area contributed by atoms with Crippen molar-refractivity contribution in [3.8, 4) is 12.3 Å². The fourth-order valence-electron chi connectivity index (χ4n) is 3.16. The molecule has 6 nitrogen and oxygen atoms in total. The lowest BCUT2D eigenvalue weighted by molar-refractivity contribution is -0.141. The topological polar surface area (TPSA) is 79.4 Å². The molecule has 0 atom stereocenters. The van der Waals surface area contributed by atoms with E-state index in [1.54, 1.807) is 0 Å². The van der Waals surface area contributed by atoms with E-state index in [1.807, 2.05) is 11.6 Å². The number of carbonyl (C=O) groups is 1. The van der Waals surface area contributed by atoms with Crippen LogP contribution in [-0.4, -0.2) is 25.6 Å². The summed E-state index contributed by atoms with van der Waals surface area (Å²) in [5, 5.41) is 0. The maximum Gasteiger partial charge on any atom is 0.433 e. The zero-order valence-corrected chi connectivity index (χ0v) is 19.4. The van der Waals surface area contributed by atoms with Crippen LogP contribution in [0.5, 0.6) is 0 Å². The number of benzene rings is 1. The molecule has 1 heterocycles. The molecule has 182 valence electrons. The molecule has 1 N–H and O–H groups in total. The molecule has 0 radical (unpaired) electrons. The number of carbonyl (C=O) groups excluding carboxylic acids is 1. The minimum atomic E-state index is -4.67. The van der Waals surface area contributed by atoms with Gasteiger partial charge in [0.25, 0.3) is 5.91 Å². The van der Waals surface area contributed by atoms with Crippen LogP contribution in [0.2, 0.25) is 0 Å². The average Bonchev–Trinajstić information content (AvgIpc) is 2.75. The number of amides is 1. The van der Waals surface area contributed by atoms with Gasteiger partial charge in [0.05, 0.1) is 35.4 Å². The van der Waals surface area contributed by atoms with Crippen LogP contribution in [-0.2, 0) is 34.0 Å². The minimum absolute atomic E-state index is 0.0554. The van der Waals surface area contributed by atoms with E-state index < -0.39 is 39.3 Å². The smallest absolute Gasteiger partial charge is 0.303 e. The Morgan fingerprint density at radius 3 is 2.53 bits per heavy atom. The predicted octanol–water partition coefficient (Wildman–Crippen LogP) is 4.65. The molecule has 0 saturated heterocycles. The van der Waals surface area contributed by atoms with Crippen LogP contribution in [0.15, 0.2) is 36.9 Å². The molecule has 0 fully saturated rings. The van der Waals surface area contributed by atoms with E-state index in [9.17, 15) is 30.8 Å². The van der Waals surface area contributed by atoms with Crippen molar-refractivity contribution in [3.05, 3.63) is 65.3 Å². The van der Waals surface area contributed by atoms with E-state index in [1.165, 1.54) is 6.07 Å². The lowest BCUT2D eigenvalue weighted by Crippen LogP contribution is -2.30. The largest absolute Gasteiger partial charge is 0.433 e. The van der Waals surface area contributed by atoms with E-state index in [4.69, 9.17) is 6.42 Å². The van der Waals surface area contributed by atoms with Crippen LogP contribution < -0.4 is 9.62 Å². The maximum absolute atomic E-state index is 14.7. The first-order chi connectivity index (χ1) is 15.8. The molecule has 1 aromatic carbocycles. The van der Waals surface area contributed by atoms with Gasteiger partial charge in [-0.3, -0.25) is 9.52 Å². The highest BCUT2D eigenvalue weighted by Gasteiger charge is 2.33. The number of nitrogens with zero attached hydrogens (tertiary/aromatic N) is 2. The molecule has 0 spiro atoms. The van der Waals surface area contributed by atoms with Crippen LogP contribution in [0, 0.1) is 18.2 Å². The predicted molar refractivity (Wildman–Crippen MR) is 122 cm³/mol. The monoisotopic (exact) mass is 497 g/mol. The van der Waals surface area contributed by atoms with Gasteiger partial charge in [-0.15, -0.1) is 6.42 Å². The molecule has 34 heavy (non-hydrogen) atoms. The molecule has 0 saturated carbocycles. The molecule has 2 rings (SSSR count). The lowest BCUT2D eigenvalue weighted by Gasteiger charge is -2.25. The van der Waals surface area contributed by atoms with Gasteiger partial charge in [0.1, 0.15) is 11.5 Å². The molecular weight excluding hydrogens is 474 g/mol. The minimum Gasteiger partial charge on any atom is -0.303 e. The second-order valence-corrected chi connectivity index (χ2v) is 9.16. The first kappa shape index (κ1) is 26.9. The number of anilines is 2. The maximum atomic E-state index is 14.7. The van der Waals surface area contributed by atoms with Gasteiger partial charge in [-0.1, -0.05) is 25.8 Å². The van der Waals surface area contributed by atoms with Crippen molar-refractivity contribution in [1.29, 1.82) is 0 Å². The number of rotatable bonds is 9. The van der Waals surface area contributed by atoms with E-state index in [0.717, 1.165) is 35.4 Å². The third-order valence-electron chi connectivity index (χ3n) is 4.67. The Morgan fingerprint density at radius 1 is 1.32 bits per heavy atom. The quantitative estimate of drug-likeness (QED) is 0.311. The first-order valence-corrected chi connectivity index (χ1v) is 12.0. The first-order valence-electron chi connectivity index (χ1n) is 10.1. The van der Waals surface area contributed by atoms with Crippen molar-refractivity contribution < 1.29 is 30.8 Å². The summed E-state index contributed by atoms with van der Waals surface area (Å²) in [7, 11) is -3.82. The summed E-state index contributed by atoms with van der Waals surface area (Å²) >= 11 is 0. The highest BCUT2D eigenvalue weighted by Crippen LogP contribution is 2.32. The van der Waals surface area contributed by atoms with Crippen LogP contribution >= 0.6 is 0 Å². The molecule has 0 aliphatic rings. The van der Waals surface area contributed by atoms with Gasteiger partial charge < -0.3 is 4.90 Å². The Morgan fingerprint density at radius 2 is 2.00 bits per heavy atom. The van der Waals surface area contributed by atoms with E-state index in [-0.39, 0.29) is 35.5 Å². The number of pyridine rings is 1. The van der Waals surface area contributed by atoms with Gasteiger partial charge in [-0.25, -0.2) is 17.8 Å². The highest BCUT2D eigenvalue weighted by molar-refractivity contribution is 7.92. The second kappa shape index (κ2) is 10.7. The van der Waals surface area contributed by atoms with Crippen LogP contribution in [0.3, 0.4) is 0 Å². The summed E-state index contributed by atoms with van der Waals surface area (Å²) in [5.74, 6) is 0.565. The van der Waals surface area contributed by atoms with Gasteiger partial charge in [0, 0.05) is 0 Å². The summed E-state index contributed by atoms with van der Waals surface area (Å²) in [6.45, 7) is 5.01. The molecule has 2 aromatic rings.